The normalized spacial score (nSPS) is 36.5. The summed E-state index contributed by atoms with van der Waals surface area (Å²) in [6.07, 6.45) is -10.8. The van der Waals surface area contributed by atoms with E-state index in [9.17, 15) is 22.8 Å². The summed E-state index contributed by atoms with van der Waals surface area (Å²) in [5.41, 5.74) is 0. The van der Waals surface area contributed by atoms with Gasteiger partial charge < -0.3 is 47.4 Å². The number of esters is 3. The molecule has 0 radical (unpaired) electrons. The van der Waals surface area contributed by atoms with Gasteiger partial charge in [-0.05, 0) is 27.7 Å². The smallest absolute Gasteiger partial charge is 0.336 e. The highest BCUT2D eigenvalue weighted by molar-refractivity contribution is 7.84. The fourth-order valence-corrected chi connectivity index (χ4v) is 6.82. The number of ether oxygens (including phenoxy) is 10. The molecule has 17 nitrogen and oxygen atoms in total. The van der Waals surface area contributed by atoms with Gasteiger partial charge in [0.15, 0.2) is 36.4 Å². The highest BCUT2D eigenvalue weighted by Gasteiger charge is 2.61. The Morgan fingerprint density at radius 3 is 2.04 bits per heavy atom. The van der Waals surface area contributed by atoms with Gasteiger partial charge in [-0.1, -0.05) is 34.8 Å². The lowest BCUT2D eigenvalue weighted by atomic mass is 9.96. The van der Waals surface area contributed by atoms with E-state index in [0.29, 0.717) is 0 Å². The van der Waals surface area contributed by atoms with E-state index in [1.165, 1.54) is 0 Å². The van der Waals surface area contributed by atoms with Gasteiger partial charge in [0.2, 0.25) is 3.79 Å². The van der Waals surface area contributed by atoms with Crippen LogP contribution in [0.25, 0.3) is 0 Å². The van der Waals surface area contributed by atoms with E-state index in [1.807, 2.05) is 0 Å². The molecule has 0 bridgehead atoms. The van der Waals surface area contributed by atoms with Crippen LogP contribution in [-0.4, -0.2) is 123 Å². The number of nitrogens with one attached hydrogen (secondary N) is 1. The van der Waals surface area contributed by atoms with E-state index in [0.717, 1.165) is 20.8 Å². The van der Waals surface area contributed by atoms with Gasteiger partial charge in [-0.3, -0.25) is 18.6 Å². The number of halogens is 3. The maximum absolute atomic E-state index is 13.2. The minimum absolute atomic E-state index is 0.0898. The van der Waals surface area contributed by atoms with E-state index in [2.05, 4.69) is 4.72 Å². The summed E-state index contributed by atoms with van der Waals surface area (Å²) in [7, 11) is -4.84. The summed E-state index contributed by atoms with van der Waals surface area (Å²) in [4.78, 5) is 36.3. The van der Waals surface area contributed by atoms with Crippen LogP contribution in [0.4, 0.5) is 0 Å². The van der Waals surface area contributed by atoms with Gasteiger partial charge >= 0.3 is 28.2 Å². The van der Waals surface area contributed by atoms with E-state index >= 15 is 0 Å². The second kappa shape index (κ2) is 14.6. The molecule has 0 aromatic carbocycles. The summed E-state index contributed by atoms with van der Waals surface area (Å²) in [5.74, 6) is -4.55. The third kappa shape index (κ3) is 10.4. The van der Waals surface area contributed by atoms with Crippen LogP contribution in [-0.2, 0) is 76.2 Å². The first-order valence-corrected chi connectivity index (χ1v) is 16.9. The van der Waals surface area contributed by atoms with Crippen molar-refractivity contribution in [1.29, 1.82) is 0 Å². The monoisotopic (exact) mass is 757 g/mol. The molecule has 4 rings (SSSR count). The number of fused-ring (bicyclic) bond motifs is 1. The molecule has 0 amide bonds. The Labute approximate surface area is 286 Å². The average Bonchev–Trinajstić information content (AvgIpc) is 3.53. The van der Waals surface area contributed by atoms with Crippen molar-refractivity contribution in [3.05, 3.63) is 0 Å². The molecule has 0 aromatic rings. The fraction of sp³-hybridized carbons (Fsp3) is 0.885. The Kier molecular flexibility index (Phi) is 12.0. The number of alkyl halides is 3. The number of carbonyl (C=O) groups is 3. The number of hydrogen-bond donors (Lipinski definition) is 1. The Bertz CT molecular complexity index is 1280. The van der Waals surface area contributed by atoms with Gasteiger partial charge in [-0.2, -0.15) is 13.1 Å². The molecule has 4 aliphatic heterocycles. The number of rotatable bonds is 11. The fourth-order valence-electron chi connectivity index (χ4n) is 5.48. The van der Waals surface area contributed by atoms with Gasteiger partial charge in [0.25, 0.3) is 0 Å². The van der Waals surface area contributed by atoms with Crippen LogP contribution in [0.15, 0.2) is 0 Å². The molecular formula is C26H38Cl3NO16S. The van der Waals surface area contributed by atoms with E-state index in [4.69, 9.17) is 86.4 Å². The van der Waals surface area contributed by atoms with Crippen molar-refractivity contribution in [2.75, 3.05) is 19.8 Å². The summed E-state index contributed by atoms with van der Waals surface area (Å²) in [5, 5.41) is 0. The van der Waals surface area contributed by atoms with Crippen LogP contribution < -0.4 is 4.72 Å². The highest BCUT2D eigenvalue weighted by Crippen LogP contribution is 2.43. The van der Waals surface area contributed by atoms with Crippen molar-refractivity contribution >= 4 is 63.0 Å². The van der Waals surface area contributed by atoms with Gasteiger partial charge in [0, 0.05) is 20.8 Å². The predicted octanol–water partition coefficient (Wildman–Crippen LogP) is 1.14. The van der Waals surface area contributed by atoms with Crippen LogP contribution in [0.3, 0.4) is 0 Å². The Morgan fingerprint density at radius 2 is 1.49 bits per heavy atom. The molecule has 0 saturated carbocycles. The molecule has 4 fully saturated rings. The van der Waals surface area contributed by atoms with Gasteiger partial charge in [0.1, 0.15) is 49.8 Å². The van der Waals surface area contributed by atoms with Crippen molar-refractivity contribution in [3.8, 4) is 0 Å². The van der Waals surface area contributed by atoms with E-state index in [-0.39, 0.29) is 6.61 Å². The van der Waals surface area contributed by atoms with Crippen LogP contribution in [0.1, 0.15) is 48.5 Å². The summed E-state index contributed by atoms with van der Waals surface area (Å²) in [6, 6.07) is -1.70. The topological polar surface area (TPSA) is 199 Å². The molecule has 270 valence electrons. The Morgan fingerprint density at radius 1 is 0.851 bits per heavy atom. The minimum Gasteiger partial charge on any atom is -0.463 e. The molecule has 0 aromatic heterocycles. The highest BCUT2D eigenvalue weighted by atomic mass is 35.6. The van der Waals surface area contributed by atoms with Crippen LogP contribution in [0.2, 0.25) is 0 Å². The lowest BCUT2D eigenvalue weighted by molar-refractivity contribution is -0.304. The van der Waals surface area contributed by atoms with Crippen LogP contribution in [0.5, 0.6) is 0 Å². The Hall–Kier alpha value is -1.13. The molecule has 0 spiro atoms. The molecule has 10 atom stereocenters. The summed E-state index contributed by atoms with van der Waals surface area (Å²) < 4.78 is 89.8. The number of hydrogen-bond acceptors (Lipinski definition) is 16. The van der Waals surface area contributed by atoms with Crippen LogP contribution in [0, 0.1) is 0 Å². The SMILES string of the molecule is CC(=O)OC[C@H]1O[C@@H](O[C@@H]2[C@H]3OC(C)(C)O[C@H]3O[C@@H]2[C@H]2COC(C)(C)O2)[C@H](NS(=O)(=O)OCC(Cl)(Cl)Cl)[C@@H](OC(C)=O)[C@@H]1OC(C)=O. The summed E-state index contributed by atoms with van der Waals surface area (Å²) >= 11 is 17.1. The Balaban J connectivity index is 1.75. The third-order valence-corrected chi connectivity index (χ3v) is 8.39. The third-order valence-electron chi connectivity index (χ3n) is 7.07. The second-order valence-corrected chi connectivity index (χ2v) is 15.9. The van der Waals surface area contributed by atoms with Gasteiger partial charge in [-0.25, -0.2) is 0 Å². The molecule has 4 heterocycles. The second-order valence-electron chi connectivity index (χ2n) is 12.0. The summed E-state index contributed by atoms with van der Waals surface area (Å²) in [6.45, 7) is 8.62. The van der Waals surface area contributed by atoms with Gasteiger partial charge in [0.05, 0.1) is 6.61 Å². The molecular weight excluding hydrogens is 721 g/mol. The lowest BCUT2D eigenvalue weighted by Gasteiger charge is -2.45. The molecule has 21 heteroatoms. The zero-order valence-electron chi connectivity index (χ0n) is 26.5. The van der Waals surface area contributed by atoms with E-state index < -0.39 is 118 Å². The average molecular weight is 759 g/mol. The van der Waals surface area contributed by atoms with Crippen molar-refractivity contribution in [3.63, 3.8) is 0 Å². The molecule has 0 aliphatic carbocycles. The standard InChI is InChI=1S/C26H38Cl3NO16S/c1-11(31)36-8-14-17(39-12(2)32)19(40-13(3)33)16(30-47(34,35)38-10-26(27,28)29)22(41-14)43-20-18(15-9-37-24(4,5)44-15)42-23-21(20)45-25(6,7)46-23/h14-23,30H,8-10H2,1-7H3/t14-,15-,16-,17-,18-,19-,20+,21-,22+,23-/m1/s1. The largest absolute Gasteiger partial charge is 0.463 e. The van der Waals surface area contributed by atoms with Gasteiger partial charge in [-0.15, -0.1) is 0 Å². The molecule has 4 aliphatic rings. The maximum atomic E-state index is 13.2. The zero-order valence-corrected chi connectivity index (χ0v) is 29.6. The van der Waals surface area contributed by atoms with Crippen molar-refractivity contribution in [1.82, 2.24) is 4.72 Å². The van der Waals surface area contributed by atoms with Crippen molar-refractivity contribution in [2.45, 2.75) is 125 Å². The predicted molar refractivity (Wildman–Crippen MR) is 157 cm³/mol. The zero-order chi connectivity index (χ0) is 35.1. The lowest BCUT2D eigenvalue weighted by Crippen LogP contribution is -2.67. The minimum atomic E-state index is -4.84. The number of carbonyl (C=O) groups excluding carboxylic acids is 3. The van der Waals surface area contributed by atoms with Crippen molar-refractivity contribution < 1.29 is 74.4 Å². The first kappa shape index (κ1) is 38.7. The molecule has 47 heavy (non-hydrogen) atoms. The first-order valence-electron chi connectivity index (χ1n) is 14.4. The first-order chi connectivity index (χ1) is 21.5. The van der Waals surface area contributed by atoms with Crippen LogP contribution >= 0.6 is 34.8 Å². The molecule has 0 unspecified atom stereocenters. The molecule has 4 saturated heterocycles. The maximum Gasteiger partial charge on any atom is 0.336 e. The van der Waals surface area contributed by atoms with E-state index in [1.54, 1.807) is 27.7 Å². The van der Waals surface area contributed by atoms with Crippen molar-refractivity contribution in [2.24, 2.45) is 0 Å². The quantitative estimate of drug-likeness (QED) is 0.179. The molecule has 1 N–H and O–H groups in total.